The molecule has 0 bridgehead atoms. The van der Waals surface area contributed by atoms with E-state index in [1.807, 2.05) is 0 Å². The number of hydrogen-bond donors (Lipinski definition) is 1. The Bertz CT molecular complexity index is 537. The fourth-order valence-electron chi connectivity index (χ4n) is 2.73. The molecule has 2 atom stereocenters. The maximum absolute atomic E-state index is 13.9. The summed E-state index contributed by atoms with van der Waals surface area (Å²) in [6.07, 6.45) is 1.71. The SMILES string of the molecule is CS(=O)(=O)N1CCCC1C(=O)N1CCC(F)(C(=O)O)C1. The van der Waals surface area contributed by atoms with Crippen molar-refractivity contribution in [3.8, 4) is 0 Å². The van der Waals surface area contributed by atoms with Crippen LogP contribution in [0.1, 0.15) is 19.3 Å². The molecule has 2 heterocycles. The Morgan fingerprint density at radius 3 is 2.50 bits per heavy atom. The van der Waals surface area contributed by atoms with E-state index in [1.54, 1.807) is 0 Å². The molecule has 7 nitrogen and oxygen atoms in total. The van der Waals surface area contributed by atoms with Crippen molar-refractivity contribution in [2.24, 2.45) is 0 Å². The molecule has 2 unspecified atom stereocenters. The van der Waals surface area contributed by atoms with Crippen LogP contribution >= 0.6 is 0 Å². The van der Waals surface area contributed by atoms with E-state index in [-0.39, 0.29) is 19.5 Å². The van der Waals surface area contributed by atoms with Gasteiger partial charge in [-0.2, -0.15) is 4.31 Å². The molecule has 0 radical (unpaired) electrons. The van der Waals surface area contributed by atoms with Gasteiger partial charge in [-0.1, -0.05) is 0 Å². The number of halogens is 1. The highest BCUT2D eigenvalue weighted by molar-refractivity contribution is 7.88. The number of carbonyl (C=O) groups excluding carboxylic acids is 1. The summed E-state index contributed by atoms with van der Waals surface area (Å²) in [6, 6.07) is -0.832. The molecule has 0 aliphatic carbocycles. The minimum Gasteiger partial charge on any atom is -0.479 e. The first-order chi connectivity index (χ1) is 9.15. The number of hydrogen-bond acceptors (Lipinski definition) is 4. The second kappa shape index (κ2) is 4.96. The molecular weight excluding hydrogens is 291 g/mol. The summed E-state index contributed by atoms with van der Waals surface area (Å²) in [7, 11) is -3.50. The van der Waals surface area contributed by atoms with E-state index in [0.717, 1.165) is 15.5 Å². The summed E-state index contributed by atoms with van der Waals surface area (Å²) < 4.78 is 38.2. The topological polar surface area (TPSA) is 95.0 Å². The Hall–Kier alpha value is -1.22. The van der Waals surface area contributed by atoms with Gasteiger partial charge in [0.05, 0.1) is 12.8 Å². The van der Waals surface area contributed by atoms with Gasteiger partial charge in [-0.3, -0.25) is 4.79 Å². The molecule has 2 rings (SSSR count). The third kappa shape index (κ3) is 2.64. The number of likely N-dealkylation sites (tertiary alicyclic amines) is 1. The van der Waals surface area contributed by atoms with Crippen molar-refractivity contribution in [2.45, 2.75) is 31.0 Å². The van der Waals surface area contributed by atoms with Crippen LogP contribution in [0.25, 0.3) is 0 Å². The van der Waals surface area contributed by atoms with Gasteiger partial charge in [0.25, 0.3) is 0 Å². The first kappa shape index (κ1) is 15.2. The van der Waals surface area contributed by atoms with Gasteiger partial charge >= 0.3 is 5.97 Å². The second-order valence-electron chi connectivity index (χ2n) is 5.31. The van der Waals surface area contributed by atoms with Crippen LogP contribution in [-0.2, 0) is 19.6 Å². The summed E-state index contributed by atoms with van der Waals surface area (Å²) in [5.74, 6) is -2.09. The zero-order valence-electron chi connectivity index (χ0n) is 11.1. The minimum atomic E-state index is -3.50. The van der Waals surface area contributed by atoms with E-state index in [2.05, 4.69) is 0 Å². The Morgan fingerprint density at radius 1 is 1.35 bits per heavy atom. The van der Waals surface area contributed by atoms with Crippen molar-refractivity contribution in [3.05, 3.63) is 0 Å². The van der Waals surface area contributed by atoms with Crippen molar-refractivity contribution >= 4 is 21.9 Å². The monoisotopic (exact) mass is 308 g/mol. The average molecular weight is 308 g/mol. The van der Waals surface area contributed by atoms with E-state index in [1.165, 1.54) is 0 Å². The van der Waals surface area contributed by atoms with Crippen molar-refractivity contribution in [1.29, 1.82) is 0 Å². The highest BCUT2D eigenvalue weighted by atomic mass is 32.2. The zero-order valence-corrected chi connectivity index (χ0v) is 11.9. The summed E-state index contributed by atoms with van der Waals surface area (Å²) >= 11 is 0. The van der Waals surface area contributed by atoms with Crippen molar-refractivity contribution in [3.63, 3.8) is 0 Å². The molecule has 20 heavy (non-hydrogen) atoms. The van der Waals surface area contributed by atoms with Gasteiger partial charge < -0.3 is 10.0 Å². The average Bonchev–Trinajstić information content (AvgIpc) is 2.94. The normalized spacial score (nSPS) is 31.7. The fourth-order valence-corrected chi connectivity index (χ4v) is 3.85. The standard InChI is InChI=1S/C11H17FN2O5S/c1-20(18,19)14-5-2-3-8(14)9(15)13-6-4-11(12,7-13)10(16)17/h8H,2-7H2,1H3,(H,16,17). The van der Waals surface area contributed by atoms with Crippen LogP contribution in [0.2, 0.25) is 0 Å². The van der Waals surface area contributed by atoms with Crippen LogP contribution in [0.5, 0.6) is 0 Å². The van der Waals surface area contributed by atoms with Gasteiger partial charge in [0, 0.05) is 19.5 Å². The molecular formula is C11H17FN2O5S. The summed E-state index contributed by atoms with van der Waals surface area (Å²) in [4.78, 5) is 24.2. The third-order valence-corrected chi connectivity index (χ3v) is 5.12. The third-order valence-electron chi connectivity index (χ3n) is 3.83. The van der Waals surface area contributed by atoms with Gasteiger partial charge in [-0.05, 0) is 12.8 Å². The molecule has 2 aliphatic rings. The van der Waals surface area contributed by atoms with Crippen molar-refractivity contribution in [2.75, 3.05) is 25.9 Å². The fraction of sp³-hybridized carbons (Fsp3) is 0.818. The number of amides is 1. The molecule has 1 amide bonds. The predicted octanol–water partition coefficient (Wildman–Crippen LogP) is -0.564. The highest BCUT2D eigenvalue weighted by Crippen LogP contribution is 2.29. The van der Waals surface area contributed by atoms with Crippen LogP contribution in [-0.4, -0.2) is 72.2 Å². The molecule has 114 valence electrons. The molecule has 0 aromatic heterocycles. The lowest BCUT2D eigenvalue weighted by molar-refractivity contribution is -0.150. The van der Waals surface area contributed by atoms with E-state index in [4.69, 9.17) is 5.11 Å². The molecule has 2 fully saturated rings. The van der Waals surface area contributed by atoms with Gasteiger partial charge in [0.2, 0.25) is 21.6 Å². The largest absolute Gasteiger partial charge is 0.479 e. The Kier molecular flexibility index (Phi) is 3.76. The lowest BCUT2D eigenvalue weighted by atomic mass is 10.1. The number of carboxylic acid groups (broad SMARTS) is 1. The maximum atomic E-state index is 13.9. The van der Waals surface area contributed by atoms with Crippen LogP contribution in [0.4, 0.5) is 4.39 Å². The van der Waals surface area contributed by atoms with Crippen molar-refractivity contribution < 1.29 is 27.5 Å². The van der Waals surface area contributed by atoms with Crippen molar-refractivity contribution in [1.82, 2.24) is 9.21 Å². The Labute approximate surface area is 116 Å². The summed E-state index contributed by atoms with van der Waals surface area (Å²) in [5, 5.41) is 8.80. The van der Waals surface area contributed by atoms with Crippen LogP contribution in [0.15, 0.2) is 0 Å². The number of carbonyl (C=O) groups is 2. The van der Waals surface area contributed by atoms with Crippen LogP contribution in [0.3, 0.4) is 0 Å². The quantitative estimate of drug-likeness (QED) is 0.754. The second-order valence-corrected chi connectivity index (χ2v) is 7.25. The predicted molar refractivity (Wildman–Crippen MR) is 67.2 cm³/mol. The van der Waals surface area contributed by atoms with E-state index >= 15 is 0 Å². The lowest BCUT2D eigenvalue weighted by Crippen LogP contribution is -2.48. The smallest absolute Gasteiger partial charge is 0.343 e. The molecule has 0 spiro atoms. The van der Waals surface area contributed by atoms with Gasteiger partial charge in [0.1, 0.15) is 6.04 Å². The van der Waals surface area contributed by atoms with E-state index in [9.17, 15) is 22.4 Å². The lowest BCUT2D eigenvalue weighted by Gasteiger charge is -2.26. The molecule has 9 heteroatoms. The number of alkyl halides is 1. The summed E-state index contributed by atoms with van der Waals surface area (Å²) in [5.41, 5.74) is -2.43. The first-order valence-electron chi connectivity index (χ1n) is 6.33. The summed E-state index contributed by atoms with van der Waals surface area (Å²) in [6.45, 7) is -0.256. The molecule has 2 saturated heterocycles. The van der Waals surface area contributed by atoms with E-state index in [0.29, 0.717) is 12.8 Å². The number of rotatable bonds is 3. The maximum Gasteiger partial charge on any atom is 0.343 e. The van der Waals surface area contributed by atoms with Gasteiger partial charge in [-0.15, -0.1) is 0 Å². The van der Waals surface area contributed by atoms with Gasteiger partial charge in [-0.25, -0.2) is 17.6 Å². The number of nitrogens with zero attached hydrogens (tertiary/aromatic N) is 2. The van der Waals surface area contributed by atoms with Gasteiger partial charge in [0.15, 0.2) is 0 Å². The highest BCUT2D eigenvalue weighted by Gasteiger charge is 2.49. The van der Waals surface area contributed by atoms with Crippen LogP contribution in [0, 0.1) is 0 Å². The number of carboxylic acids is 1. The molecule has 2 aliphatic heterocycles. The minimum absolute atomic E-state index is 0.00423. The first-order valence-corrected chi connectivity index (χ1v) is 8.18. The molecule has 0 aromatic carbocycles. The van der Waals surface area contributed by atoms with Crippen LogP contribution < -0.4 is 0 Å². The number of aliphatic carboxylic acids is 1. The Balaban J connectivity index is 2.11. The molecule has 1 N–H and O–H groups in total. The zero-order chi connectivity index (χ0) is 15.1. The Morgan fingerprint density at radius 2 is 2.00 bits per heavy atom. The molecule has 0 aromatic rings. The van der Waals surface area contributed by atoms with E-state index < -0.39 is 40.2 Å². The number of sulfonamides is 1. The molecule has 0 saturated carbocycles.